The van der Waals surface area contributed by atoms with Crippen LogP contribution in [0.4, 0.5) is 0 Å². The van der Waals surface area contributed by atoms with E-state index in [2.05, 4.69) is 22.8 Å². The van der Waals surface area contributed by atoms with Gasteiger partial charge in [-0.15, -0.1) is 12.4 Å². The number of amides is 1. The van der Waals surface area contributed by atoms with E-state index in [1.54, 1.807) is 0 Å². The van der Waals surface area contributed by atoms with E-state index >= 15 is 0 Å². The lowest BCUT2D eigenvalue weighted by Gasteiger charge is -2.28. The highest BCUT2D eigenvalue weighted by Gasteiger charge is 2.24. The van der Waals surface area contributed by atoms with Gasteiger partial charge in [0, 0.05) is 11.6 Å². The molecule has 0 unspecified atom stereocenters. The predicted octanol–water partition coefficient (Wildman–Crippen LogP) is 2.72. The minimum absolute atomic E-state index is 0. The predicted molar refractivity (Wildman–Crippen MR) is 106 cm³/mol. The minimum Gasteiger partial charge on any atom is -0.480 e. The summed E-state index contributed by atoms with van der Waals surface area (Å²) in [4.78, 5) is 23.0. The van der Waals surface area contributed by atoms with Gasteiger partial charge in [-0.05, 0) is 75.2 Å². The van der Waals surface area contributed by atoms with E-state index in [4.69, 9.17) is 9.84 Å². The largest absolute Gasteiger partial charge is 0.480 e. The summed E-state index contributed by atoms with van der Waals surface area (Å²) < 4.78 is 5.34. The molecule has 0 atom stereocenters. The molecule has 1 aliphatic heterocycles. The Morgan fingerprint density at radius 2 is 1.67 bits per heavy atom. The average molecular weight is 397 g/mol. The first-order valence-corrected chi connectivity index (χ1v) is 9.57. The molecule has 1 heterocycles. The van der Waals surface area contributed by atoms with Gasteiger partial charge >= 0.3 is 5.97 Å². The lowest BCUT2D eigenvalue weighted by molar-refractivity contribution is -0.145. The third-order valence-corrected chi connectivity index (χ3v) is 5.44. The van der Waals surface area contributed by atoms with Crippen molar-refractivity contribution in [1.29, 1.82) is 0 Å². The summed E-state index contributed by atoms with van der Waals surface area (Å²) in [6.07, 6.45) is 5.51. The number of aliphatic carboxylic acids is 1. The van der Waals surface area contributed by atoms with Gasteiger partial charge in [0.25, 0.3) is 5.91 Å². The van der Waals surface area contributed by atoms with Crippen LogP contribution in [0.3, 0.4) is 0 Å². The molecule has 0 spiro atoms. The van der Waals surface area contributed by atoms with Crippen LogP contribution in [0.15, 0.2) is 24.3 Å². The first kappa shape index (κ1) is 21.7. The highest BCUT2D eigenvalue weighted by Crippen LogP contribution is 2.25. The Kier molecular flexibility index (Phi) is 8.54. The van der Waals surface area contributed by atoms with Crippen molar-refractivity contribution in [2.45, 2.75) is 56.6 Å². The number of carboxylic acids is 1. The Bertz CT molecular complexity index is 609. The average Bonchev–Trinajstić information content (AvgIpc) is 2.68. The van der Waals surface area contributed by atoms with Crippen LogP contribution in [0, 0.1) is 0 Å². The Morgan fingerprint density at radius 3 is 2.26 bits per heavy atom. The molecule has 27 heavy (non-hydrogen) atoms. The smallest absolute Gasteiger partial charge is 0.329 e. The van der Waals surface area contributed by atoms with E-state index < -0.39 is 5.97 Å². The van der Waals surface area contributed by atoms with E-state index in [0.717, 1.165) is 51.6 Å². The molecule has 2 aliphatic rings. The van der Waals surface area contributed by atoms with Gasteiger partial charge in [-0.25, -0.2) is 4.79 Å². The van der Waals surface area contributed by atoms with Gasteiger partial charge < -0.3 is 20.5 Å². The van der Waals surface area contributed by atoms with Crippen molar-refractivity contribution in [3.8, 4) is 0 Å². The van der Waals surface area contributed by atoms with Gasteiger partial charge in [0.05, 0.1) is 6.10 Å². The van der Waals surface area contributed by atoms with Gasteiger partial charge in [0.2, 0.25) is 0 Å². The third-order valence-electron chi connectivity index (χ3n) is 5.44. The number of halogens is 1. The number of carbonyl (C=O) groups is 2. The number of carbonyl (C=O) groups excluding carboxylic acids is 1. The molecule has 1 saturated carbocycles. The van der Waals surface area contributed by atoms with Crippen LogP contribution in [-0.2, 0) is 9.53 Å². The Hall–Kier alpha value is -1.63. The third kappa shape index (κ3) is 6.48. The number of benzene rings is 1. The van der Waals surface area contributed by atoms with Gasteiger partial charge in [0.1, 0.15) is 6.61 Å². The number of ether oxygens (including phenoxy) is 1. The maximum atomic E-state index is 12.5. The second-order valence-corrected chi connectivity index (χ2v) is 7.30. The lowest BCUT2D eigenvalue weighted by Crippen LogP contribution is -2.39. The molecule has 150 valence electrons. The fraction of sp³-hybridized carbons (Fsp3) is 0.600. The maximum absolute atomic E-state index is 12.5. The number of nitrogens with one attached hydrogen (secondary N) is 2. The molecule has 0 aromatic heterocycles. The van der Waals surface area contributed by atoms with Crippen LogP contribution in [0.1, 0.15) is 60.4 Å². The molecule has 2 fully saturated rings. The summed E-state index contributed by atoms with van der Waals surface area (Å²) in [5.74, 6) is -0.375. The number of rotatable bonds is 6. The van der Waals surface area contributed by atoms with Crippen molar-refractivity contribution in [2.24, 2.45) is 0 Å². The Labute approximate surface area is 166 Å². The quantitative estimate of drug-likeness (QED) is 0.688. The molecule has 1 aromatic rings. The molecular formula is C20H29ClN2O4. The maximum Gasteiger partial charge on any atom is 0.329 e. The van der Waals surface area contributed by atoms with E-state index in [-0.39, 0.29) is 37.1 Å². The van der Waals surface area contributed by atoms with Gasteiger partial charge in [-0.3, -0.25) is 4.79 Å². The van der Waals surface area contributed by atoms with Gasteiger partial charge in [-0.1, -0.05) is 12.1 Å². The first-order valence-electron chi connectivity index (χ1n) is 9.57. The van der Waals surface area contributed by atoms with Crippen LogP contribution in [0.25, 0.3) is 0 Å². The normalized spacial score (nSPS) is 23.3. The molecule has 6 nitrogen and oxygen atoms in total. The molecular weight excluding hydrogens is 368 g/mol. The summed E-state index contributed by atoms with van der Waals surface area (Å²) >= 11 is 0. The molecule has 1 saturated heterocycles. The zero-order valence-electron chi connectivity index (χ0n) is 15.5. The zero-order valence-corrected chi connectivity index (χ0v) is 16.3. The van der Waals surface area contributed by atoms with Crippen molar-refractivity contribution in [3.05, 3.63) is 35.4 Å². The van der Waals surface area contributed by atoms with Crippen molar-refractivity contribution >= 4 is 24.3 Å². The fourth-order valence-corrected chi connectivity index (χ4v) is 3.89. The molecule has 1 aliphatic carbocycles. The van der Waals surface area contributed by atoms with Crippen molar-refractivity contribution < 1.29 is 19.4 Å². The second kappa shape index (κ2) is 10.6. The van der Waals surface area contributed by atoms with Crippen LogP contribution >= 0.6 is 12.4 Å². The van der Waals surface area contributed by atoms with Crippen LogP contribution < -0.4 is 10.6 Å². The summed E-state index contributed by atoms with van der Waals surface area (Å²) in [7, 11) is 0. The topological polar surface area (TPSA) is 87.7 Å². The highest BCUT2D eigenvalue weighted by molar-refractivity contribution is 5.94. The molecule has 7 heteroatoms. The molecule has 0 radical (unpaired) electrons. The summed E-state index contributed by atoms with van der Waals surface area (Å²) in [5, 5.41) is 15.1. The fourth-order valence-electron chi connectivity index (χ4n) is 3.89. The first-order chi connectivity index (χ1) is 12.6. The zero-order chi connectivity index (χ0) is 18.4. The van der Waals surface area contributed by atoms with E-state index in [0.29, 0.717) is 11.5 Å². The SMILES string of the molecule is Cl.O=C(O)CO[C@H]1CC[C@H](NC(=O)c2ccc(C3CCNCC3)cc2)CC1. The molecule has 3 rings (SSSR count). The number of hydrogen-bond donors (Lipinski definition) is 3. The molecule has 3 N–H and O–H groups in total. The summed E-state index contributed by atoms with van der Waals surface area (Å²) in [5.41, 5.74) is 2.02. The molecule has 0 bridgehead atoms. The monoisotopic (exact) mass is 396 g/mol. The van der Waals surface area contributed by atoms with Gasteiger partial charge in [-0.2, -0.15) is 0 Å². The highest BCUT2D eigenvalue weighted by atomic mass is 35.5. The van der Waals surface area contributed by atoms with Crippen LogP contribution in [0.2, 0.25) is 0 Å². The van der Waals surface area contributed by atoms with E-state index in [9.17, 15) is 9.59 Å². The Morgan fingerprint density at radius 1 is 1.04 bits per heavy atom. The minimum atomic E-state index is -0.937. The van der Waals surface area contributed by atoms with Crippen molar-refractivity contribution in [1.82, 2.24) is 10.6 Å². The summed E-state index contributed by atoms with van der Waals surface area (Å²) in [6.45, 7) is 1.88. The van der Waals surface area contributed by atoms with Crippen LogP contribution in [-0.4, -0.2) is 48.8 Å². The second-order valence-electron chi connectivity index (χ2n) is 7.30. The molecule has 1 amide bonds. The number of carboxylic acid groups (broad SMARTS) is 1. The lowest BCUT2D eigenvalue weighted by atomic mass is 9.89. The van der Waals surface area contributed by atoms with Gasteiger partial charge in [0.15, 0.2) is 0 Å². The summed E-state index contributed by atoms with van der Waals surface area (Å²) in [6, 6.07) is 8.15. The molecule has 1 aromatic carbocycles. The number of piperidine rings is 1. The standard InChI is InChI=1S/C20H28N2O4.ClH/c23-19(24)13-26-18-7-5-17(6-8-18)22-20(25)16-3-1-14(2-4-16)15-9-11-21-12-10-15;/h1-4,15,17-18,21H,5-13H2,(H,22,25)(H,23,24);1H/t17-,18-;. The van der Waals surface area contributed by atoms with E-state index in [1.807, 2.05) is 12.1 Å². The number of hydrogen-bond acceptors (Lipinski definition) is 4. The van der Waals surface area contributed by atoms with Crippen molar-refractivity contribution in [3.63, 3.8) is 0 Å². The van der Waals surface area contributed by atoms with Crippen LogP contribution in [0.5, 0.6) is 0 Å². The Balaban J connectivity index is 0.00000261. The van der Waals surface area contributed by atoms with Crippen molar-refractivity contribution in [2.75, 3.05) is 19.7 Å². The van der Waals surface area contributed by atoms with E-state index in [1.165, 1.54) is 5.56 Å².